The van der Waals surface area contributed by atoms with Crippen LogP contribution in [0.3, 0.4) is 0 Å². The maximum Gasteiger partial charge on any atom is 0.281 e. The third-order valence-electron chi connectivity index (χ3n) is 2.35. The van der Waals surface area contributed by atoms with Gasteiger partial charge in [-0.05, 0) is 0 Å². The van der Waals surface area contributed by atoms with Gasteiger partial charge < -0.3 is 5.73 Å². The minimum atomic E-state index is -3.24. The van der Waals surface area contributed by atoms with Gasteiger partial charge in [0.05, 0.1) is 4.99 Å². The Kier molecular flexibility index (Phi) is 3.46. The van der Waals surface area contributed by atoms with Gasteiger partial charge in [-0.15, -0.1) is 0 Å². The predicted molar refractivity (Wildman–Crippen MR) is 59.1 cm³/mol. The summed E-state index contributed by atoms with van der Waals surface area (Å²) in [5.41, 5.74) is 5.43. The Morgan fingerprint density at radius 1 is 1.57 bits per heavy atom. The second-order valence-corrected chi connectivity index (χ2v) is 6.00. The smallest absolute Gasteiger partial charge is 0.281 e. The summed E-state index contributed by atoms with van der Waals surface area (Å²) in [6.07, 6.45) is 0. The van der Waals surface area contributed by atoms with E-state index in [1.54, 1.807) is 7.05 Å². The van der Waals surface area contributed by atoms with Gasteiger partial charge in [-0.25, -0.2) is 0 Å². The van der Waals surface area contributed by atoms with Crippen LogP contribution in [0.4, 0.5) is 0 Å². The highest BCUT2D eigenvalue weighted by atomic mass is 32.2. The normalized spacial score (nSPS) is 25.0. The molecular weight excluding hydrogens is 222 g/mol. The van der Waals surface area contributed by atoms with Crippen molar-refractivity contribution in [2.45, 2.75) is 6.92 Å². The zero-order valence-corrected chi connectivity index (χ0v) is 9.94. The monoisotopic (exact) mass is 237 g/mol. The number of hydrogen-bond donors (Lipinski definition) is 1. The summed E-state index contributed by atoms with van der Waals surface area (Å²) in [6.45, 7) is 3.26. The van der Waals surface area contributed by atoms with E-state index in [-0.39, 0.29) is 5.92 Å². The molecule has 5 nitrogen and oxygen atoms in total. The maximum atomic E-state index is 11.6. The zero-order valence-electron chi connectivity index (χ0n) is 8.30. The van der Waals surface area contributed by atoms with E-state index in [1.165, 1.54) is 8.61 Å². The molecule has 1 heterocycles. The first-order valence-electron chi connectivity index (χ1n) is 4.36. The molecule has 1 rings (SSSR count). The van der Waals surface area contributed by atoms with Crippen molar-refractivity contribution >= 4 is 27.4 Å². The van der Waals surface area contributed by atoms with Crippen LogP contribution in [0.15, 0.2) is 0 Å². The van der Waals surface area contributed by atoms with Crippen molar-refractivity contribution in [1.29, 1.82) is 0 Å². The van der Waals surface area contributed by atoms with Gasteiger partial charge in [0, 0.05) is 32.6 Å². The van der Waals surface area contributed by atoms with Crippen molar-refractivity contribution in [2.24, 2.45) is 11.7 Å². The van der Waals surface area contributed by atoms with Crippen molar-refractivity contribution in [3.05, 3.63) is 0 Å². The Hall–Kier alpha value is -0.240. The van der Waals surface area contributed by atoms with Crippen LogP contribution in [0, 0.1) is 5.92 Å². The number of nitrogens with zero attached hydrogens (tertiary/aromatic N) is 2. The van der Waals surface area contributed by atoms with Gasteiger partial charge in [0.1, 0.15) is 0 Å². The molecule has 1 unspecified atom stereocenters. The summed E-state index contributed by atoms with van der Waals surface area (Å²) in [6, 6.07) is 0. The molecule has 1 saturated heterocycles. The quantitative estimate of drug-likeness (QED) is 0.666. The first kappa shape index (κ1) is 11.8. The van der Waals surface area contributed by atoms with Crippen LogP contribution in [0.25, 0.3) is 0 Å². The molecule has 0 bridgehead atoms. The molecule has 0 aromatic carbocycles. The van der Waals surface area contributed by atoms with Crippen LogP contribution < -0.4 is 5.73 Å². The molecule has 1 fully saturated rings. The SMILES string of the molecule is CC(CN1CCN(C)S1(=O)=O)C(N)=S. The van der Waals surface area contributed by atoms with E-state index in [1.807, 2.05) is 6.92 Å². The Labute approximate surface area is 90.0 Å². The highest BCUT2D eigenvalue weighted by Gasteiger charge is 2.34. The average Bonchev–Trinajstić information content (AvgIpc) is 2.31. The van der Waals surface area contributed by atoms with Gasteiger partial charge in [-0.2, -0.15) is 17.0 Å². The summed E-state index contributed by atoms with van der Waals surface area (Å²) in [7, 11) is -1.67. The molecule has 0 saturated carbocycles. The highest BCUT2D eigenvalue weighted by Crippen LogP contribution is 2.15. The van der Waals surface area contributed by atoms with Crippen LogP contribution in [0.1, 0.15) is 6.92 Å². The topological polar surface area (TPSA) is 66.6 Å². The van der Waals surface area contributed by atoms with Gasteiger partial charge >= 0.3 is 0 Å². The molecule has 82 valence electrons. The zero-order chi connectivity index (χ0) is 10.9. The van der Waals surface area contributed by atoms with E-state index in [0.29, 0.717) is 24.6 Å². The number of likely N-dealkylation sites (N-methyl/N-ethyl adjacent to an activating group) is 1. The van der Waals surface area contributed by atoms with Crippen molar-refractivity contribution in [2.75, 3.05) is 26.7 Å². The maximum absolute atomic E-state index is 11.6. The van der Waals surface area contributed by atoms with E-state index >= 15 is 0 Å². The molecule has 0 aromatic rings. The Balaban J connectivity index is 2.68. The van der Waals surface area contributed by atoms with Gasteiger partial charge in [0.15, 0.2) is 0 Å². The molecule has 0 radical (unpaired) electrons. The van der Waals surface area contributed by atoms with Gasteiger partial charge in [-0.3, -0.25) is 0 Å². The lowest BCUT2D eigenvalue weighted by Crippen LogP contribution is -2.37. The number of nitrogens with two attached hydrogens (primary N) is 1. The Morgan fingerprint density at radius 2 is 2.14 bits per heavy atom. The molecule has 0 amide bonds. The molecule has 1 aliphatic heterocycles. The second kappa shape index (κ2) is 4.09. The lowest BCUT2D eigenvalue weighted by atomic mass is 10.2. The van der Waals surface area contributed by atoms with Crippen LogP contribution in [0.2, 0.25) is 0 Å². The first-order chi connectivity index (χ1) is 6.35. The van der Waals surface area contributed by atoms with Gasteiger partial charge in [0.2, 0.25) is 0 Å². The minimum Gasteiger partial charge on any atom is -0.393 e. The lowest BCUT2D eigenvalue weighted by Gasteiger charge is -2.19. The molecule has 14 heavy (non-hydrogen) atoms. The van der Waals surface area contributed by atoms with Crippen LogP contribution in [0.5, 0.6) is 0 Å². The van der Waals surface area contributed by atoms with Crippen LogP contribution in [-0.2, 0) is 10.2 Å². The fraction of sp³-hybridized carbons (Fsp3) is 0.857. The minimum absolute atomic E-state index is 0.0775. The van der Waals surface area contributed by atoms with E-state index in [0.717, 1.165) is 0 Å². The van der Waals surface area contributed by atoms with Crippen molar-refractivity contribution in [1.82, 2.24) is 8.61 Å². The summed E-state index contributed by atoms with van der Waals surface area (Å²) in [4.78, 5) is 0.356. The van der Waals surface area contributed by atoms with Gasteiger partial charge in [0.25, 0.3) is 10.2 Å². The average molecular weight is 237 g/mol. The third kappa shape index (κ3) is 2.22. The van der Waals surface area contributed by atoms with Crippen LogP contribution >= 0.6 is 12.2 Å². The van der Waals surface area contributed by atoms with E-state index in [9.17, 15) is 8.42 Å². The summed E-state index contributed by atoms with van der Waals surface area (Å²) in [5, 5.41) is 0. The predicted octanol–water partition coefficient (Wildman–Crippen LogP) is -0.599. The fourth-order valence-electron chi connectivity index (χ4n) is 1.26. The van der Waals surface area contributed by atoms with E-state index in [2.05, 4.69) is 0 Å². The summed E-state index contributed by atoms with van der Waals surface area (Å²) >= 11 is 4.80. The largest absolute Gasteiger partial charge is 0.393 e. The fourth-order valence-corrected chi connectivity index (χ4v) is 2.77. The van der Waals surface area contributed by atoms with E-state index in [4.69, 9.17) is 18.0 Å². The first-order valence-corrected chi connectivity index (χ1v) is 6.17. The molecule has 0 aliphatic carbocycles. The van der Waals surface area contributed by atoms with Crippen molar-refractivity contribution < 1.29 is 8.42 Å². The lowest BCUT2D eigenvalue weighted by molar-refractivity contribution is 0.424. The van der Waals surface area contributed by atoms with Crippen molar-refractivity contribution in [3.63, 3.8) is 0 Å². The molecule has 2 N–H and O–H groups in total. The third-order valence-corrected chi connectivity index (χ3v) is 4.70. The standard InChI is InChI=1S/C7H15N3O2S2/c1-6(7(8)13)5-10-4-3-9(2)14(10,11)12/h6H,3-5H2,1-2H3,(H2,8,13). The van der Waals surface area contributed by atoms with E-state index < -0.39 is 10.2 Å². The highest BCUT2D eigenvalue weighted by molar-refractivity contribution is 7.87. The molecule has 0 spiro atoms. The number of rotatable bonds is 3. The Bertz CT molecular complexity index is 328. The van der Waals surface area contributed by atoms with Gasteiger partial charge in [-0.1, -0.05) is 19.1 Å². The number of hydrogen-bond acceptors (Lipinski definition) is 3. The summed E-state index contributed by atoms with van der Waals surface area (Å²) < 4.78 is 26.0. The second-order valence-electron chi connectivity index (χ2n) is 3.49. The Morgan fingerprint density at radius 3 is 2.50 bits per heavy atom. The molecule has 1 aliphatic rings. The molecule has 7 heteroatoms. The van der Waals surface area contributed by atoms with Crippen molar-refractivity contribution in [3.8, 4) is 0 Å². The molecule has 1 atom stereocenters. The molecule has 0 aromatic heterocycles. The number of thiocarbonyl (C=S) groups is 1. The van der Waals surface area contributed by atoms with Crippen LogP contribution in [-0.4, -0.2) is 48.7 Å². The summed E-state index contributed by atoms with van der Waals surface area (Å²) in [5.74, 6) is -0.0775. The molecular formula is C7H15N3O2S2.